The highest BCUT2D eigenvalue weighted by molar-refractivity contribution is 5.94. The molecule has 2 amide bonds. The van der Waals surface area contributed by atoms with Crippen LogP contribution in [-0.2, 0) is 17.8 Å². The minimum absolute atomic E-state index is 0.0504. The number of amides is 2. The first-order chi connectivity index (χ1) is 18.8. The lowest BCUT2D eigenvalue weighted by Gasteiger charge is -2.17. The second-order valence-electron chi connectivity index (χ2n) is 9.07. The number of nitrogens with one attached hydrogen (secondary N) is 3. The Morgan fingerprint density at radius 2 is 1.77 bits per heavy atom. The van der Waals surface area contributed by atoms with E-state index in [1.54, 1.807) is 18.6 Å². The lowest BCUT2D eigenvalue weighted by atomic mass is 9.98. The molecule has 0 aliphatic heterocycles. The van der Waals surface area contributed by atoms with Gasteiger partial charge >= 0.3 is 0 Å². The van der Waals surface area contributed by atoms with Crippen molar-refractivity contribution in [3.05, 3.63) is 102 Å². The zero-order valence-corrected chi connectivity index (χ0v) is 21.2. The van der Waals surface area contributed by atoms with Crippen molar-refractivity contribution in [3.8, 4) is 11.1 Å². The molecule has 4 rings (SSSR count). The number of anilines is 1. The Kier molecular flexibility index (Phi) is 8.97. The number of nitrogens with zero attached hydrogens (tertiary/aromatic N) is 3. The first-order valence-corrected chi connectivity index (χ1v) is 12.3. The Morgan fingerprint density at radius 3 is 2.46 bits per heavy atom. The standard InChI is InChI=1S/C28H29FN6O4/c1-18(36)31-24-11-7-20(8-12-24)22-4-2-3-19(13-22)14-26(15-27(37)33-39)35-17-25(32-34-35)16-30-28(38)21-5-9-23(29)10-6-21/h2-13,17-18,26,31,36,39H,14-16H2,1H3,(H,30,38)(H,33,37)/t18?,26-/m1/s1. The maximum Gasteiger partial charge on any atom is 0.251 e. The van der Waals surface area contributed by atoms with Crippen molar-refractivity contribution in [2.45, 2.75) is 38.6 Å². The van der Waals surface area contributed by atoms with Gasteiger partial charge in [0.2, 0.25) is 5.91 Å². The Balaban J connectivity index is 1.46. The van der Waals surface area contributed by atoms with Crippen molar-refractivity contribution in [2.24, 2.45) is 0 Å². The molecule has 0 bridgehead atoms. The van der Waals surface area contributed by atoms with E-state index in [4.69, 9.17) is 5.21 Å². The van der Waals surface area contributed by atoms with Crippen molar-refractivity contribution in [2.75, 3.05) is 5.32 Å². The van der Waals surface area contributed by atoms with Crippen molar-refractivity contribution >= 4 is 17.5 Å². The fourth-order valence-corrected chi connectivity index (χ4v) is 4.12. The van der Waals surface area contributed by atoms with Crippen LogP contribution in [-0.4, -0.2) is 43.3 Å². The van der Waals surface area contributed by atoms with Gasteiger partial charge in [0.05, 0.1) is 25.2 Å². The van der Waals surface area contributed by atoms with E-state index in [9.17, 15) is 19.1 Å². The van der Waals surface area contributed by atoms with Crippen LogP contribution in [0.15, 0.2) is 79.0 Å². The van der Waals surface area contributed by atoms with Crippen molar-refractivity contribution < 1.29 is 24.3 Å². The predicted molar refractivity (Wildman–Crippen MR) is 142 cm³/mol. The maximum absolute atomic E-state index is 13.1. The molecule has 1 aromatic heterocycles. The lowest BCUT2D eigenvalue weighted by molar-refractivity contribution is -0.130. The van der Waals surface area contributed by atoms with Crippen LogP contribution < -0.4 is 16.1 Å². The van der Waals surface area contributed by atoms with E-state index < -0.39 is 24.0 Å². The van der Waals surface area contributed by atoms with Gasteiger partial charge in [0.15, 0.2) is 0 Å². The predicted octanol–water partition coefficient (Wildman–Crippen LogP) is 3.44. The summed E-state index contributed by atoms with van der Waals surface area (Å²) in [6.45, 7) is 1.73. The number of hydrogen-bond acceptors (Lipinski definition) is 7. The summed E-state index contributed by atoms with van der Waals surface area (Å²) >= 11 is 0. The average molecular weight is 533 g/mol. The van der Waals surface area contributed by atoms with Crippen molar-refractivity contribution in [1.29, 1.82) is 0 Å². The van der Waals surface area contributed by atoms with Gasteiger partial charge in [-0.15, -0.1) is 5.10 Å². The van der Waals surface area contributed by atoms with Gasteiger partial charge in [-0.25, -0.2) is 14.6 Å². The summed E-state index contributed by atoms with van der Waals surface area (Å²) in [5.41, 5.74) is 6.16. The molecule has 0 aliphatic rings. The van der Waals surface area contributed by atoms with Crippen LogP contribution in [0.1, 0.15) is 41.0 Å². The monoisotopic (exact) mass is 532 g/mol. The number of aliphatic hydroxyl groups is 1. The number of hydrogen-bond donors (Lipinski definition) is 5. The second-order valence-corrected chi connectivity index (χ2v) is 9.07. The Hall–Kier alpha value is -4.61. The molecule has 202 valence electrons. The Labute approximate surface area is 224 Å². The van der Waals surface area contributed by atoms with Crippen molar-refractivity contribution in [3.63, 3.8) is 0 Å². The fourth-order valence-electron chi connectivity index (χ4n) is 4.12. The second kappa shape index (κ2) is 12.8. The minimum Gasteiger partial charge on any atom is -0.374 e. The molecule has 0 saturated carbocycles. The van der Waals surface area contributed by atoms with E-state index in [1.807, 2.05) is 48.5 Å². The molecule has 5 N–H and O–H groups in total. The summed E-state index contributed by atoms with van der Waals surface area (Å²) in [5, 5.41) is 32.5. The zero-order valence-electron chi connectivity index (χ0n) is 21.2. The molecule has 39 heavy (non-hydrogen) atoms. The third kappa shape index (κ3) is 7.69. The van der Waals surface area contributed by atoms with E-state index in [1.165, 1.54) is 28.9 Å². The van der Waals surface area contributed by atoms with E-state index in [0.717, 1.165) is 22.4 Å². The quantitative estimate of drug-likeness (QED) is 0.113. The van der Waals surface area contributed by atoms with Crippen molar-refractivity contribution in [1.82, 2.24) is 25.8 Å². The van der Waals surface area contributed by atoms with E-state index in [2.05, 4.69) is 20.9 Å². The van der Waals surface area contributed by atoms with E-state index in [0.29, 0.717) is 17.7 Å². The number of carbonyl (C=O) groups is 2. The minimum atomic E-state index is -0.657. The number of carbonyl (C=O) groups excluding carboxylic acids is 2. The molecule has 3 aromatic carbocycles. The first kappa shape index (κ1) is 27.4. The molecular formula is C28H29FN6O4. The summed E-state index contributed by atoms with van der Waals surface area (Å²) in [6.07, 6.45) is 1.35. The smallest absolute Gasteiger partial charge is 0.251 e. The van der Waals surface area contributed by atoms with E-state index in [-0.39, 0.29) is 18.9 Å². The summed E-state index contributed by atoms with van der Waals surface area (Å²) in [4.78, 5) is 24.4. The summed E-state index contributed by atoms with van der Waals surface area (Å²) in [7, 11) is 0. The highest BCUT2D eigenvalue weighted by Crippen LogP contribution is 2.25. The molecule has 10 nitrogen and oxygen atoms in total. The molecule has 0 saturated heterocycles. The highest BCUT2D eigenvalue weighted by Gasteiger charge is 2.19. The van der Waals surface area contributed by atoms with Gasteiger partial charge in [-0.1, -0.05) is 41.6 Å². The lowest BCUT2D eigenvalue weighted by Crippen LogP contribution is -2.25. The van der Waals surface area contributed by atoms with Gasteiger partial charge in [0, 0.05) is 11.3 Å². The van der Waals surface area contributed by atoms with Gasteiger partial charge in [0.25, 0.3) is 5.91 Å². The van der Waals surface area contributed by atoms with Gasteiger partial charge < -0.3 is 15.7 Å². The molecule has 2 atom stereocenters. The number of aromatic nitrogens is 3. The fraction of sp³-hybridized carbons (Fsp3) is 0.214. The topological polar surface area (TPSA) is 141 Å². The zero-order chi connectivity index (χ0) is 27.8. The molecule has 1 heterocycles. The summed E-state index contributed by atoms with van der Waals surface area (Å²) in [6, 6.07) is 20.3. The summed E-state index contributed by atoms with van der Waals surface area (Å²) in [5.74, 6) is -1.38. The van der Waals surface area contributed by atoms with E-state index >= 15 is 0 Å². The van der Waals surface area contributed by atoms with Crippen LogP contribution >= 0.6 is 0 Å². The number of aliphatic hydroxyl groups excluding tert-OH is 1. The number of benzene rings is 3. The number of rotatable bonds is 11. The molecule has 0 spiro atoms. The van der Waals surface area contributed by atoms with Gasteiger partial charge in [-0.05, 0) is 66.4 Å². The number of halogens is 1. The largest absolute Gasteiger partial charge is 0.374 e. The maximum atomic E-state index is 13.1. The third-order valence-electron chi connectivity index (χ3n) is 6.01. The molecule has 0 fully saturated rings. The van der Waals surface area contributed by atoms with Crippen LogP contribution in [0.25, 0.3) is 11.1 Å². The average Bonchev–Trinajstić information content (AvgIpc) is 3.41. The molecule has 4 aromatic rings. The SMILES string of the molecule is CC(O)Nc1ccc(-c2cccc(C[C@H](CC(=O)NO)n3cc(CNC(=O)c4ccc(F)cc4)nn3)c2)cc1. The number of hydroxylamine groups is 1. The van der Waals surface area contributed by atoms with Crippen LogP contribution in [0.5, 0.6) is 0 Å². The Morgan fingerprint density at radius 1 is 1.03 bits per heavy atom. The first-order valence-electron chi connectivity index (χ1n) is 12.3. The van der Waals surface area contributed by atoms with Gasteiger partial charge in [0.1, 0.15) is 17.7 Å². The van der Waals surface area contributed by atoms with Crippen LogP contribution in [0.4, 0.5) is 10.1 Å². The van der Waals surface area contributed by atoms with Crippen LogP contribution in [0, 0.1) is 5.82 Å². The molecule has 11 heteroatoms. The normalized spacial score (nSPS) is 12.4. The Bertz CT molecular complexity index is 1410. The molecule has 0 radical (unpaired) electrons. The van der Waals surface area contributed by atoms with Crippen LogP contribution in [0.2, 0.25) is 0 Å². The third-order valence-corrected chi connectivity index (χ3v) is 6.01. The van der Waals surface area contributed by atoms with Gasteiger partial charge in [-0.3, -0.25) is 14.8 Å². The summed E-state index contributed by atoms with van der Waals surface area (Å²) < 4.78 is 14.6. The molecular weight excluding hydrogens is 503 g/mol. The highest BCUT2D eigenvalue weighted by atomic mass is 19.1. The molecule has 0 aliphatic carbocycles. The molecule has 1 unspecified atom stereocenters. The van der Waals surface area contributed by atoms with Gasteiger partial charge in [-0.2, -0.15) is 0 Å². The van der Waals surface area contributed by atoms with Crippen LogP contribution in [0.3, 0.4) is 0 Å².